The van der Waals surface area contributed by atoms with Gasteiger partial charge < -0.3 is 15.5 Å². The van der Waals surface area contributed by atoms with Gasteiger partial charge in [-0.1, -0.05) is 12.1 Å². The predicted octanol–water partition coefficient (Wildman–Crippen LogP) is 2.05. The van der Waals surface area contributed by atoms with Crippen molar-refractivity contribution in [1.29, 1.82) is 0 Å². The minimum atomic E-state index is -0.255. The van der Waals surface area contributed by atoms with Crippen molar-refractivity contribution in [3.05, 3.63) is 47.5 Å². The topological polar surface area (TPSA) is 85.1 Å². The average molecular weight is 291 g/mol. The third kappa shape index (κ3) is 4.66. The Labute approximate surface area is 122 Å². The number of nitrogen functional groups attached to an aromatic ring is 1. The number of hydrogen-bond acceptors (Lipinski definition) is 6. The number of benzene rings is 1. The van der Waals surface area contributed by atoms with E-state index in [0.717, 1.165) is 5.56 Å². The minimum Gasteiger partial charge on any atom is -0.374 e. The number of nitrogens with one attached hydrogen (secondary N) is 2. The summed E-state index contributed by atoms with van der Waals surface area (Å²) in [5, 5.41) is 3.15. The summed E-state index contributed by atoms with van der Waals surface area (Å²) in [5.41, 5.74) is 3.44. The largest absolute Gasteiger partial charge is 0.374 e. The third-order valence-corrected chi connectivity index (χ3v) is 2.74. The highest BCUT2D eigenvalue weighted by atomic mass is 19.1. The summed E-state index contributed by atoms with van der Waals surface area (Å²) in [5.74, 6) is 6.79. The molecule has 0 spiro atoms. The van der Waals surface area contributed by atoms with E-state index in [1.54, 1.807) is 18.2 Å². The van der Waals surface area contributed by atoms with Gasteiger partial charge in [-0.2, -0.15) is 0 Å². The summed E-state index contributed by atoms with van der Waals surface area (Å²) in [7, 11) is 0. The first-order valence-electron chi connectivity index (χ1n) is 6.62. The van der Waals surface area contributed by atoms with E-state index in [1.165, 1.54) is 12.1 Å². The maximum atomic E-state index is 12.8. The van der Waals surface area contributed by atoms with Crippen molar-refractivity contribution in [1.82, 2.24) is 9.97 Å². The molecular weight excluding hydrogens is 273 g/mol. The molecule has 4 N–H and O–H groups in total. The number of nitrogens with zero attached hydrogens (tertiary/aromatic N) is 2. The highest BCUT2D eigenvalue weighted by molar-refractivity contribution is 5.47. The predicted molar refractivity (Wildman–Crippen MR) is 78.9 cm³/mol. The Hall–Kier alpha value is -2.25. The fourth-order valence-corrected chi connectivity index (χ4v) is 1.71. The van der Waals surface area contributed by atoms with Crippen LogP contribution in [0.3, 0.4) is 0 Å². The van der Waals surface area contributed by atoms with Crippen LogP contribution in [0.25, 0.3) is 0 Å². The van der Waals surface area contributed by atoms with Gasteiger partial charge in [0.05, 0.1) is 0 Å². The first-order valence-corrected chi connectivity index (χ1v) is 6.62. The van der Waals surface area contributed by atoms with Gasteiger partial charge in [-0.05, 0) is 24.6 Å². The zero-order chi connectivity index (χ0) is 15.1. The minimum absolute atomic E-state index is 0.255. The van der Waals surface area contributed by atoms with Crippen LogP contribution in [0.2, 0.25) is 0 Å². The van der Waals surface area contributed by atoms with Gasteiger partial charge in [0.25, 0.3) is 0 Å². The van der Waals surface area contributed by atoms with Crippen LogP contribution < -0.4 is 16.6 Å². The number of ether oxygens (including phenoxy) is 1. The molecule has 1 aromatic carbocycles. The van der Waals surface area contributed by atoms with Crippen LogP contribution in [-0.2, 0) is 17.9 Å². The quantitative estimate of drug-likeness (QED) is 0.535. The van der Waals surface area contributed by atoms with Gasteiger partial charge in [0.2, 0.25) is 0 Å². The number of halogens is 1. The highest BCUT2D eigenvalue weighted by Gasteiger charge is 2.04. The lowest BCUT2D eigenvalue weighted by molar-refractivity contribution is 0.128. The van der Waals surface area contributed by atoms with Crippen LogP contribution in [0.15, 0.2) is 30.3 Å². The van der Waals surface area contributed by atoms with E-state index < -0.39 is 0 Å². The van der Waals surface area contributed by atoms with E-state index in [4.69, 9.17) is 10.6 Å². The molecule has 7 heteroatoms. The Morgan fingerprint density at radius 3 is 2.57 bits per heavy atom. The fraction of sp³-hybridized carbons (Fsp3) is 0.286. The molecule has 0 saturated heterocycles. The maximum Gasteiger partial charge on any atom is 0.158 e. The molecular formula is C14H18FN5O. The zero-order valence-corrected chi connectivity index (χ0v) is 11.8. The van der Waals surface area contributed by atoms with Crippen LogP contribution in [0.1, 0.15) is 18.3 Å². The SMILES string of the molecule is CCOCc1nc(NN)cc(NCc2ccc(F)cc2)n1. The molecule has 0 aliphatic rings. The van der Waals surface area contributed by atoms with Gasteiger partial charge >= 0.3 is 0 Å². The molecule has 1 aromatic heterocycles. The maximum absolute atomic E-state index is 12.8. The number of hydrogen-bond donors (Lipinski definition) is 3. The fourth-order valence-electron chi connectivity index (χ4n) is 1.71. The second kappa shape index (κ2) is 7.51. The normalized spacial score (nSPS) is 10.4. The molecule has 0 fully saturated rings. The molecule has 0 bridgehead atoms. The standard InChI is InChI=1S/C14H18FN5O/c1-2-21-9-14-18-12(7-13(19-14)20-16)17-8-10-3-5-11(15)6-4-10/h3-7H,2,8-9,16H2,1H3,(H2,17,18,19,20). The van der Waals surface area contributed by atoms with E-state index >= 15 is 0 Å². The number of nitrogens with two attached hydrogens (primary N) is 1. The van der Waals surface area contributed by atoms with Crippen molar-refractivity contribution >= 4 is 11.6 Å². The van der Waals surface area contributed by atoms with Crippen molar-refractivity contribution in [2.75, 3.05) is 17.3 Å². The van der Waals surface area contributed by atoms with Crippen molar-refractivity contribution < 1.29 is 9.13 Å². The summed E-state index contributed by atoms with van der Waals surface area (Å²) in [6.45, 7) is 3.33. The van der Waals surface area contributed by atoms with Gasteiger partial charge in [-0.25, -0.2) is 20.2 Å². The van der Waals surface area contributed by atoms with Gasteiger partial charge in [0.1, 0.15) is 24.1 Å². The van der Waals surface area contributed by atoms with Gasteiger partial charge in [-0.15, -0.1) is 0 Å². The summed E-state index contributed by atoms with van der Waals surface area (Å²) in [6, 6.07) is 7.97. The van der Waals surface area contributed by atoms with E-state index in [0.29, 0.717) is 37.2 Å². The lowest BCUT2D eigenvalue weighted by Crippen LogP contribution is -2.13. The zero-order valence-electron chi connectivity index (χ0n) is 11.8. The molecule has 1 heterocycles. The highest BCUT2D eigenvalue weighted by Crippen LogP contribution is 2.13. The number of anilines is 2. The molecule has 0 radical (unpaired) electrons. The van der Waals surface area contributed by atoms with Gasteiger partial charge in [0, 0.05) is 19.2 Å². The van der Waals surface area contributed by atoms with Crippen LogP contribution in [0, 0.1) is 5.82 Å². The Morgan fingerprint density at radius 1 is 1.19 bits per heavy atom. The Balaban J connectivity index is 2.05. The first-order chi connectivity index (χ1) is 10.2. The molecule has 6 nitrogen and oxygen atoms in total. The van der Waals surface area contributed by atoms with Crippen molar-refractivity contribution in [2.45, 2.75) is 20.1 Å². The molecule has 0 aliphatic heterocycles. The summed E-state index contributed by atoms with van der Waals surface area (Å²) >= 11 is 0. The second-order valence-corrected chi connectivity index (χ2v) is 4.32. The third-order valence-electron chi connectivity index (χ3n) is 2.74. The molecule has 2 rings (SSSR count). The van der Waals surface area contributed by atoms with E-state index in [9.17, 15) is 4.39 Å². The molecule has 0 aliphatic carbocycles. The second-order valence-electron chi connectivity index (χ2n) is 4.32. The first kappa shape index (κ1) is 15.1. The van der Waals surface area contributed by atoms with Crippen molar-refractivity contribution in [2.24, 2.45) is 5.84 Å². The Kier molecular flexibility index (Phi) is 5.42. The molecule has 0 amide bonds. The summed E-state index contributed by atoms with van der Waals surface area (Å²) in [4.78, 5) is 8.53. The molecule has 112 valence electrons. The number of aromatic nitrogens is 2. The van der Waals surface area contributed by atoms with E-state index in [-0.39, 0.29) is 5.82 Å². The lowest BCUT2D eigenvalue weighted by Gasteiger charge is -2.10. The molecule has 0 atom stereocenters. The van der Waals surface area contributed by atoms with E-state index in [2.05, 4.69) is 20.7 Å². The molecule has 2 aromatic rings. The number of hydrazine groups is 1. The van der Waals surface area contributed by atoms with Crippen LogP contribution in [0.5, 0.6) is 0 Å². The van der Waals surface area contributed by atoms with Gasteiger partial charge in [-0.3, -0.25) is 0 Å². The lowest BCUT2D eigenvalue weighted by atomic mass is 10.2. The van der Waals surface area contributed by atoms with E-state index in [1.807, 2.05) is 6.92 Å². The monoisotopic (exact) mass is 291 g/mol. The van der Waals surface area contributed by atoms with Crippen LogP contribution in [-0.4, -0.2) is 16.6 Å². The van der Waals surface area contributed by atoms with Crippen LogP contribution in [0.4, 0.5) is 16.0 Å². The average Bonchev–Trinajstić information content (AvgIpc) is 2.52. The Bertz CT molecular complexity index is 576. The summed E-state index contributed by atoms with van der Waals surface area (Å²) < 4.78 is 18.1. The number of rotatable bonds is 7. The van der Waals surface area contributed by atoms with Crippen molar-refractivity contribution in [3.8, 4) is 0 Å². The molecule has 0 unspecified atom stereocenters. The summed E-state index contributed by atoms with van der Waals surface area (Å²) in [6.07, 6.45) is 0. The smallest absolute Gasteiger partial charge is 0.158 e. The van der Waals surface area contributed by atoms with Crippen LogP contribution >= 0.6 is 0 Å². The van der Waals surface area contributed by atoms with Crippen molar-refractivity contribution in [3.63, 3.8) is 0 Å². The van der Waals surface area contributed by atoms with Gasteiger partial charge in [0.15, 0.2) is 5.82 Å². The molecule has 21 heavy (non-hydrogen) atoms. The Morgan fingerprint density at radius 2 is 1.90 bits per heavy atom. The molecule has 0 saturated carbocycles.